The molecule has 0 aliphatic heterocycles. The summed E-state index contributed by atoms with van der Waals surface area (Å²) in [6.07, 6.45) is 0. The molecular formula is C16H14O3S. The van der Waals surface area contributed by atoms with Gasteiger partial charge >= 0.3 is 5.97 Å². The van der Waals surface area contributed by atoms with Crippen molar-refractivity contribution in [1.29, 1.82) is 0 Å². The first-order valence-electron chi connectivity index (χ1n) is 6.20. The van der Waals surface area contributed by atoms with Crippen LogP contribution in [0.25, 0.3) is 0 Å². The highest BCUT2D eigenvalue weighted by molar-refractivity contribution is 7.80. The number of rotatable bonds is 5. The molecule has 0 N–H and O–H groups in total. The summed E-state index contributed by atoms with van der Waals surface area (Å²) in [5.74, 6) is 0.00897. The van der Waals surface area contributed by atoms with Crippen LogP contribution in [0.2, 0.25) is 0 Å². The van der Waals surface area contributed by atoms with Gasteiger partial charge in [-0.15, -0.1) is 0 Å². The molecule has 2 aromatic rings. The molecule has 0 fully saturated rings. The molecule has 0 heterocycles. The Hall–Kier alpha value is -2.07. The van der Waals surface area contributed by atoms with Crippen molar-refractivity contribution in [3.05, 3.63) is 71.3 Å². The van der Waals surface area contributed by atoms with E-state index in [9.17, 15) is 9.59 Å². The molecule has 0 aliphatic carbocycles. The number of thiol groups is 1. The van der Waals surface area contributed by atoms with Gasteiger partial charge in [-0.25, -0.2) is 4.79 Å². The van der Waals surface area contributed by atoms with Crippen LogP contribution in [0.5, 0.6) is 0 Å². The number of hydrogen-bond donors (Lipinski definition) is 1. The molecule has 20 heavy (non-hydrogen) atoms. The second kappa shape index (κ2) is 6.91. The zero-order chi connectivity index (χ0) is 14.4. The summed E-state index contributed by atoms with van der Waals surface area (Å²) in [6, 6.07) is 15.5. The van der Waals surface area contributed by atoms with E-state index in [4.69, 9.17) is 4.74 Å². The Labute approximate surface area is 123 Å². The Balaban J connectivity index is 2.12. The van der Waals surface area contributed by atoms with Crippen molar-refractivity contribution in [3.63, 3.8) is 0 Å². The highest BCUT2D eigenvalue weighted by atomic mass is 32.1. The fraction of sp³-hybridized carbons (Fsp3) is 0.125. The van der Waals surface area contributed by atoms with Gasteiger partial charge in [0.25, 0.3) is 0 Å². The van der Waals surface area contributed by atoms with Crippen LogP contribution in [-0.4, -0.2) is 24.1 Å². The van der Waals surface area contributed by atoms with Crippen molar-refractivity contribution in [2.75, 3.05) is 12.4 Å². The maximum absolute atomic E-state index is 12.2. The van der Waals surface area contributed by atoms with Crippen LogP contribution in [0.1, 0.15) is 26.3 Å². The van der Waals surface area contributed by atoms with E-state index < -0.39 is 5.97 Å². The molecule has 102 valence electrons. The fourth-order valence-corrected chi connectivity index (χ4v) is 1.83. The molecule has 0 saturated carbocycles. The van der Waals surface area contributed by atoms with E-state index in [0.29, 0.717) is 22.4 Å². The topological polar surface area (TPSA) is 43.4 Å². The number of esters is 1. The second-order valence-electron chi connectivity index (χ2n) is 4.13. The normalized spacial score (nSPS) is 10.1. The summed E-state index contributed by atoms with van der Waals surface area (Å²) in [7, 11) is 0. The molecule has 0 radical (unpaired) electrons. The molecule has 0 unspecified atom stereocenters. The monoisotopic (exact) mass is 286 g/mol. The highest BCUT2D eigenvalue weighted by Gasteiger charge is 2.11. The minimum atomic E-state index is -0.405. The quantitative estimate of drug-likeness (QED) is 0.522. The molecule has 2 aromatic carbocycles. The molecule has 4 heteroatoms. The Kier molecular flexibility index (Phi) is 4.96. The molecule has 2 rings (SSSR count). The number of carbonyl (C=O) groups excluding carboxylic acids is 2. The lowest BCUT2D eigenvalue weighted by molar-refractivity contribution is 0.0530. The molecule has 0 aliphatic rings. The molecule has 0 spiro atoms. The van der Waals surface area contributed by atoms with Gasteiger partial charge < -0.3 is 4.74 Å². The minimum Gasteiger partial charge on any atom is -0.461 e. The number of ether oxygens (including phenoxy) is 1. The van der Waals surface area contributed by atoms with Crippen LogP contribution in [-0.2, 0) is 4.74 Å². The SMILES string of the molecule is O=C(OCCS)c1ccc(C(=O)c2ccccc2)cc1. The van der Waals surface area contributed by atoms with E-state index in [1.165, 1.54) is 0 Å². The Bertz CT molecular complexity index is 591. The van der Waals surface area contributed by atoms with E-state index in [1.807, 2.05) is 18.2 Å². The Morgan fingerprint density at radius 2 is 1.40 bits per heavy atom. The molecule has 0 amide bonds. The number of hydrogen-bond acceptors (Lipinski definition) is 4. The lowest BCUT2D eigenvalue weighted by Crippen LogP contribution is -2.08. The van der Waals surface area contributed by atoms with Gasteiger partial charge in [0.1, 0.15) is 6.61 Å². The Morgan fingerprint density at radius 3 is 2.00 bits per heavy atom. The maximum atomic E-state index is 12.2. The third kappa shape index (κ3) is 3.48. The summed E-state index contributed by atoms with van der Waals surface area (Å²) in [5.41, 5.74) is 1.59. The summed E-state index contributed by atoms with van der Waals surface area (Å²) in [5, 5.41) is 0. The van der Waals surface area contributed by atoms with Gasteiger partial charge in [-0.1, -0.05) is 42.5 Å². The third-order valence-electron chi connectivity index (χ3n) is 2.74. The predicted molar refractivity (Wildman–Crippen MR) is 80.5 cm³/mol. The largest absolute Gasteiger partial charge is 0.461 e. The van der Waals surface area contributed by atoms with Gasteiger partial charge in [-0.05, 0) is 12.1 Å². The van der Waals surface area contributed by atoms with Crippen LogP contribution in [0.4, 0.5) is 0 Å². The molecule has 0 bridgehead atoms. The van der Waals surface area contributed by atoms with Gasteiger partial charge in [0, 0.05) is 16.9 Å². The predicted octanol–water partition coefficient (Wildman–Crippen LogP) is 3.00. The first kappa shape index (κ1) is 14.3. The number of carbonyl (C=O) groups is 2. The van der Waals surface area contributed by atoms with E-state index in [-0.39, 0.29) is 12.4 Å². The van der Waals surface area contributed by atoms with Crippen molar-refractivity contribution in [1.82, 2.24) is 0 Å². The molecule has 0 saturated heterocycles. The van der Waals surface area contributed by atoms with Crippen molar-refractivity contribution < 1.29 is 14.3 Å². The Morgan fingerprint density at radius 1 is 0.850 bits per heavy atom. The van der Waals surface area contributed by atoms with Gasteiger partial charge in [0.2, 0.25) is 0 Å². The van der Waals surface area contributed by atoms with E-state index in [0.717, 1.165) is 0 Å². The molecule has 0 atom stereocenters. The van der Waals surface area contributed by atoms with Crippen LogP contribution >= 0.6 is 12.6 Å². The summed E-state index contributed by atoms with van der Waals surface area (Å²) >= 11 is 3.97. The highest BCUT2D eigenvalue weighted by Crippen LogP contribution is 2.11. The van der Waals surface area contributed by atoms with Crippen molar-refractivity contribution in [3.8, 4) is 0 Å². The number of benzene rings is 2. The van der Waals surface area contributed by atoms with Gasteiger partial charge in [-0.3, -0.25) is 4.79 Å². The van der Waals surface area contributed by atoms with Crippen LogP contribution < -0.4 is 0 Å². The lowest BCUT2D eigenvalue weighted by atomic mass is 10.0. The van der Waals surface area contributed by atoms with Crippen molar-refractivity contribution in [2.45, 2.75) is 0 Å². The van der Waals surface area contributed by atoms with E-state index in [1.54, 1.807) is 36.4 Å². The fourth-order valence-electron chi connectivity index (χ4n) is 1.74. The average Bonchev–Trinajstić information content (AvgIpc) is 2.53. The molecule has 0 aromatic heterocycles. The van der Waals surface area contributed by atoms with Gasteiger partial charge in [-0.2, -0.15) is 12.6 Å². The first-order chi connectivity index (χ1) is 9.72. The zero-order valence-corrected chi connectivity index (χ0v) is 11.7. The average molecular weight is 286 g/mol. The van der Waals surface area contributed by atoms with Crippen LogP contribution in [0.15, 0.2) is 54.6 Å². The van der Waals surface area contributed by atoms with Crippen molar-refractivity contribution in [2.24, 2.45) is 0 Å². The second-order valence-corrected chi connectivity index (χ2v) is 4.58. The third-order valence-corrected chi connectivity index (χ3v) is 2.93. The van der Waals surface area contributed by atoms with Crippen molar-refractivity contribution >= 4 is 24.4 Å². The summed E-state index contributed by atoms with van der Waals surface area (Å²) in [6.45, 7) is 0.270. The van der Waals surface area contributed by atoms with Crippen LogP contribution in [0.3, 0.4) is 0 Å². The van der Waals surface area contributed by atoms with Gasteiger partial charge in [0.15, 0.2) is 5.78 Å². The molecule has 3 nitrogen and oxygen atoms in total. The maximum Gasteiger partial charge on any atom is 0.338 e. The summed E-state index contributed by atoms with van der Waals surface area (Å²) < 4.78 is 4.96. The number of ketones is 1. The minimum absolute atomic E-state index is 0.0686. The zero-order valence-electron chi connectivity index (χ0n) is 10.8. The summed E-state index contributed by atoms with van der Waals surface area (Å²) in [4.78, 5) is 23.8. The van der Waals surface area contributed by atoms with E-state index in [2.05, 4.69) is 12.6 Å². The first-order valence-corrected chi connectivity index (χ1v) is 6.83. The lowest BCUT2D eigenvalue weighted by Gasteiger charge is -2.04. The molecular weight excluding hydrogens is 272 g/mol. The smallest absolute Gasteiger partial charge is 0.338 e. The standard InChI is InChI=1S/C16H14O3S/c17-15(12-4-2-1-3-5-12)13-6-8-14(9-7-13)16(18)19-10-11-20/h1-9,20H,10-11H2. The van der Waals surface area contributed by atoms with E-state index >= 15 is 0 Å². The van der Waals surface area contributed by atoms with Crippen LogP contribution in [0, 0.1) is 0 Å². The van der Waals surface area contributed by atoms with Gasteiger partial charge in [0.05, 0.1) is 5.56 Å².